The second-order valence-electron chi connectivity index (χ2n) is 3.76. The zero-order valence-corrected chi connectivity index (χ0v) is 9.48. The smallest absolute Gasteiger partial charge is 0.401 e. The van der Waals surface area contributed by atoms with Crippen molar-refractivity contribution in [2.45, 2.75) is 25.1 Å². The van der Waals surface area contributed by atoms with Crippen molar-refractivity contribution in [3.63, 3.8) is 0 Å². The van der Waals surface area contributed by atoms with Gasteiger partial charge in [-0.25, -0.2) is 0 Å². The minimum atomic E-state index is -4.33. The van der Waals surface area contributed by atoms with Gasteiger partial charge >= 0.3 is 12.1 Å². The van der Waals surface area contributed by atoms with Gasteiger partial charge in [0.05, 0.1) is 13.1 Å². The first-order valence-electron chi connectivity index (χ1n) is 4.99. The molecular formula is C9H14F3NO2S. The van der Waals surface area contributed by atoms with Crippen LogP contribution in [0.15, 0.2) is 0 Å². The summed E-state index contributed by atoms with van der Waals surface area (Å²) in [5, 5.41) is 8.60. The molecule has 1 rings (SSSR count). The van der Waals surface area contributed by atoms with Gasteiger partial charge < -0.3 is 5.11 Å². The van der Waals surface area contributed by atoms with Crippen molar-refractivity contribution in [1.29, 1.82) is 0 Å². The summed E-state index contributed by atoms with van der Waals surface area (Å²) >= 11 is 1.70. The Bertz CT molecular complexity index is 241. The van der Waals surface area contributed by atoms with E-state index in [0.29, 0.717) is 12.8 Å². The Hall–Kier alpha value is -0.430. The summed E-state index contributed by atoms with van der Waals surface area (Å²) < 4.78 is 36.8. The fourth-order valence-corrected chi connectivity index (χ4v) is 2.85. The van der Waals surface area contributed by atoms with Gasteiger partial charge in [0.1, 0.15) is 0 Å². The number of carboxylic acid groups (broad SMARTS) is 1. The van der Waals surface area contributed by atoms with Gasteiger partial charge in [0.2, 0.25) is 0 Å². The third-order valence-electron chi connectivity index (χ3n) is 2.43. The van der Waals surface area contributed by atoms with Crippen LogP contribution < -0.4 is 0 Å². The van der Waals surface area contributed by atoms with Crippen LogP contribution in [0.3, 0.4) is 0 Å². The molecule has 0 unspecified atom stereocenters. The normalized spacial score (nSPS) is 19.0. The molecule has 1 fully saturated rings. The van der Waals surface area contributed by atoms with E-state index in [9.17, 15) is 18.0 Å². The number of halogens is 3. The predicted octanol–water partition coefficient (Wildman–Crippen LogP) is 1.83. The summed E-state index contributed by atoms with van der Waals surface area (Å²) in [5.41, 5.74) is 0. The molecule has 94 valence electrons. The predicted molar refractivity (Wildman–Crippen MR) is 55.6 cm³/mol. The highest BCUT2D eigenvalue weighted by Gasteiger charge is 2.35. The Kier molecular flexibility index (Phi) is 4.91. The van der Waals surface area contributed by atoms with Crippen LogP contribution >= 0.6 is 11.8 Å². The van der Waals surface area contributed by atoms with Crippen molar-refractivity contribution in [2.24, 2.45) is 0 Å². The van der Waals surface area contributed by atoms with Gasteiger partial charge in [-0.2, -0.15) is 24.9 Å². The van der Waals surface area contributed by atoms with E-state index in [2.05, 4.69) is 0 Å². The Morgan fingerprint density at radius 2 is 1.94 bits per heavy atom. The molecule has 3 nitrogen and oxygen atoms in total. The average Bonchev–Trinajstić information content (AvgIpc) is 2.15. The quantitative estimate of drug-likeness (QED) is 0.834. The standard InChI is InChI=1S/C9H14F3NO2S/c10-9(11,12)6-13(5-8(14)15)7-1-3-16-4-2-7/h7H,1-6H2,(H,14,15). The van der Waals surface area contributed by atoms with Crippen LogP contribution in [0.25, 0.3) is 0 Å². The van der Waals surface area contributed by atoms with Gasteiger partial charge in [0.25, 0.3) is 0 Å². The maximum atomic E-state index is 12.3. The number of rotatable bonds is 4. The Labute approximate surface area is 96.0 Å². The number of carboxylic acids is 1. The summed E-state index contributed by atoms with van der Waals surface area (Å²) in [6.45, 7) is -1.66. The van der Waals surface area contributed by atoms with Crippen molar-refractivity contribution in [2.75, 3.05) is 24.6 Å². The minimum absolute atomic E-state index is 0.251. The number of aliphatic carboxylic acids is 1. The fraction of sp³-hybridized carbons (Fsp3) is 0.889. The van der Waals surface area contributed by atoms with Gasteiger partial charge in [-0.15, -0.1) is 0 Å². The van der Waals surface area contributed by atoms with Crippen LogP contribution in [0.4, 0.5) is 13.2 Å². The van der Waals surface area contributed by atoms with Gasteiger partial charge in [0.15, 0.2) is 0 Å². The molecule has 1 heterocycles. The zero-order chi connectivity index (χ0) is 12.2. The molecule has 1 aliphatic rings. The number of thioether (sulfide) groups is 1. The maximum Gasteiger partial charge on any atom is 0.401 e. The zero-order valence-electron chi connectivity index (χ0n) is 8.66. The van der Waals surface area contributed by atoms with E-state index in [1.165, 1.54) is 0 Å². The molecule has 7 heteroatoms. The molecule has 1 saturated heterocycles. The number of hydrogen-bond donors (Lipinski definition) is 1. The molecular weight excluding hydrogens is 243 g/mol. The van der Waals surface area contributed by atoms with Gasteiger partial charge in [-0.1, -0.05) is 0 Å². The van der Waals surface area contributed by atoms with Crippen LogP contribution in [0, 0.1) is 0 Å². The number of hydrogen-bond acceptors (Lipinski definition) is 3. The van der Waals surface area contributed by atoms with Crippen LogP contribution in [0.1, 0.15) is 12.8 Å². The molecule has 0 aromatic carbocycles. The largest absolute Gasteiger partial charge is 0.480 e. The summed E-state index contributed by atoms with van der Waals surface area (Å²) in [6, 6.07) is -0.251. The molecule has 1 N–H and O–H groups in total. The fourth-order valence-electron chi connectivity index (χ4n) is 1.77. The van der Waals surface area contributed by atoms with Crippen molar-refractivity contribution in [3.8, 4) is 0 Å². The molecule has 0 aliphatic carbocycles. The molecule has 16 heavy (non-hydrogen) atoms. The SMILES string of the molecule is O=C(O)CN(CC(F)(F)F)C1CCSCC1. The first kappa shape index (κ1) is 13.6. The Morgan fingerprint density at radius 3 is 2.38 bits per heavy atom. The summed E-state index contributed by atoms with van der Waals surface area (Å²) in [6.07, 6.45) is -3.07. The lowest BCUT2D eigenvalue weighted by Gasteiger charge is -2.33. The van der Waals surface area contributed by atoms with E-state index < -0.39 is 25.2 Å². The topological polar surface area (TPSA) is 40.5 Å². The van der Waals surface area contributed by atoms with E-state index in [1.54, 1.807) is 11.8 Å². The average molecular weight is 257 g/mol. The highest BCUT2D eigenvalue weighted by molar-refractivity contribution is 7.99. The van der Waals surface area contributed by atoms with Crippen molar-refractivity contribution in [1.82, 2.24) is 4.90 Å². The highest BCUT2D eigenvalue weighted by Crippen LogP contribution is 2.25. The molecule has 0 bridgehead atoms. The molecule has 0 aromatic heterocycles. The number of nitrogens with zero attached hydrogens (tertiary/aromatic N) is 1. The van der Waals surface area contributed by atoms with E-state index >= 15 is 0 Å². The van der Waals surface area contributed by atoms with Crippen LogP contribution in [-0.2, 0) is 4.79 Å². The number of carbonyl (C=O) groups is 1. The molecule has 0 spiro atoms. The minimum Gasteiger partial charge on any atom is -0.480 e. The molecule has 0 atom stereocenters. The highest BCUT2D eigenvalue weighted by atomic mass is 32.2. The Morgan fingerprint density at radius 1 is 1.38 bits per heavy atom. The first-order chi connectivity index (χ1) is 7.38. The second kappa shape index (κ2) is 5.77. The number of alkyl halides is 3. The third-order valence-corrected chi connectivity index (χ3v) is 3.48. The van der Waals surface area contributed by atoms with Gasteiger partial charge in [0, 0.05) is 6.04 Å². The first-order valence-corrected chi connectivity index (χ1v) is 6.14. The lowest BCUT2D eigenvalue weighted by molar-refractivity contribution is -0.158. The maximum absolute atomic E-state index is 12.3. The van der Waals surface area contributed by atoms with Gasteiger partial charge in [-0.05, 0) is 24.3 Å². The van der Waals surface area contributed by atoms with Crippen LogP contribution in [-0.4, -0.2) is 52.8 Å². The van der Waals surface area contributed by atoms with E-state index in [0.717, 1.165) is 16.4 Å². The third kappa shape index (κ3) is 5.07. The molecule has 1 aliphatic heterocycles. The molecule has 0 saturated carbocycles. The van der Waals surface area contributed by atoms with Crippen LogP contribution in [0.2, 0.25) is 0 Å². The molecule has 0 amide bonds. The van der Waals surface area contributed by atoms with Crippen LogP contribution in [0.5, 0.6) is 0 Å². The molecule has 0 radical (unpaired) electrons. The lowest BCUT2D eigenvalue weighted by Crippen LogP contribution is -2.46. The summed E-state index contributed by atoms with van der Waals surface area (Å²) in [5.74, 6) is 0.402. The Balaban J connectivity index is 2.58. The molecule has 0 aromatic rings. The summed E-state index contributed by atoms with van der Waals surface area (Å²) in [7, 11) is 0. The summed E-state index contributed by atoms with van der Waals surface area (Å²) in [4.78, 5) is 11.6. The van der Waals surface area contributed by atoms with Crippen molar-refractivity contribution < 1.29 is 23.1 Å². The van der Waals surface area contributed by atoms with E-state index in [1.807, 2.05) is 0 Å². The van der Waals surface area contributed by atoms with E-state index in [-0.39, 0.29) is 6.04 Å². The lowest BCUT2D eigenvalue weighted by atomic mass is 10.1. The van der Waals surface area contributed by atoms with Gasteiger partial charge in [-0.3, -0.25) is 9.69 Å². The monoisotopic (exact) mass is 257 g/mol. The van der Waals surface area contributed by atoms with Crippen molar-refractivity contribution in [3.05, 3.63) is 0 Å². The van der Waals surface area contributed by atoms with E-state index in [4.69, 9.17) is 5.11 Å². The second-order valence-corrected chi connectivity index (χ2v) is 4.98. The van der Waals surface area contributed by atoms with Crippen molar-refractivity contribution >= 4 is 17.7 Å².